The van der Waals surface area contributed by atoms with E-state index in [-0.39, 0.29) is 31.6 Å². The Morgan fingerprint density at radius 3 is 0.831 bits per heavy atom. The molecular weight excluding hydrogens is 1020 g/mol. The molecule has 0 saturated carbocycles. The van der Waals surface area contributed by atoms with E-state index in [1.807, 2.05) is 12.2 Å². The Labute approximate surface area is 516 Å². The maximum atomic E-state index is 12.9. The zero-order valence-electron chi connectivity index (χ0n) is 55.5. The topological polar surface area (TPSA) is 78.9 Å². The molecule has 0 N–H and O–H groups in total. The number of allylic oxidation sites excluding steroid dienone is 11. The summed E-state index contributed by atoms with van der Waals surface area (Å²) in [6, 6.07) is 0. The molecule has 83 heavy (non-hydrogen) atoms. The average Bonchev–Trinajstić information content (AvgIpc) is 3.49. The second-order valence-electron chi connectivity index (χ2n) is 24.5. The van der Waals surface area contributed by atoms with E-state index in [9.17, 15) is 14.4 Å². The van der Waals surface area contributed by atoms with Gasteiger partial charge in [-0.15, -0.1) is 0 Å². The van der Waals surface area contributed by atoms with Gasteiger partial charge in [0.15, 0.2) is 6.10 Å². The highest BCUT2D eigenvalue weighted by Gasteiger charge is 2.19. The number of ether oxygens (including phenoxy) is 3. The third-order valence-electron chi connectivity index (χ3n) is 16.2. The largest absolute Gasteiger partial charge is 0.462 e. The summed E-state index contributed by atoms with van der Waals surface area (Å²) in [5.41, 5.74) is 0. The molecule has 0 saturated heterocycles. The molecule has 0 amide bonds. The van der Waals surface area contributed by atoms with Crippen LogP contribution in [0.1, 0.15) is 380 Å². The third kappa shape index (κ3) is 69.5. The van der Waals surface area contributed by atoms with Gasteiger partial charge >= 0.3 is 17.9 Å². The molecule has 1 unspecified atom stereocenters. The summed E-state index contributed by atoms with van der Waals surface area (Å²) < 4.78 is 16.9. The fourth-order valence-electron chi connectivity index (χ4n) is 10.8. The first-order valence-corrected chi connectivity index (χ1v) is 36.4. The van der Waals surface area contributed by atoms with Crippen LogP contribution in [-0.2, 0) is 28.6 Å². The minimum Gasteiger partial charge on any atom is -0.462 e. The van der Waals surface area contributed by atoms with Crippen molar-refractivity contribution in [3.63, 3.8) is 0 Å². The lowest BCUT2D eigenvalue weighted by atomic mass is 10.0. The van der Waals surface area contributed by atoms with E-state index in [0.29, 0.717) is 12.8 Å². The van der Waals surface area contributed by atoms with E-state index in [4.69, 9.17) is 14.2 Å². The SMILES string of the molecule is CC/C=C\C/C=C\C/C=C\C/C=C\C/C=C\CC(=O)OCC(COC(=O)CCCCCCCCCCCCCCCCCCCCCCCCCCCCCCCCCCC)OC(=O)CCCCCCCCC/C=C\CCCCCCCC. The summed E-state index contributed by atoms with van der Waals surface area (Å²) in [5.74, 6) is -1.02. The van der Waals surface area contributed by atoms with Crippen LogP contribution < -0.4 is 0 Å². The van der Waals surface area contributed by atoms with Gasteiger partial charge in [-0.1, -0.05) is 363 Å². The summed E-state index contributed by atoms with van der Waals surface area (Å²) in [7, 11) is 0. The van der Waals surface area contributed by atoms with Gasteiger partial charge in [0.05, 0.1) is 6.42 Å². The summed E-state index contributed by atoms with van der Waals surface area (Å²) in [4.78, 5) is 38.3. The molecule has 0 spiro atoms. The fraction of sp³-hybridized carbons (Fsp3) is 0.805. The smallest absolute Gasteiger partial charge is 0.309 e. The third-order valence-corrected chi connectivity index (χ3v) is 16.2. The Bertz CT molecular complexity index is 1520. The number of hydrogen-bond acceptors (Lipinski definition) is 6. The molecule has 0 aromatic heterocycles. The number of hydrogen-bond donors (Lipinski definition) is 0. The number of carbonyl (C=O) groups excluding carboxylic acids is 3. The van der Waals surface area contributed by atoms with Gasteiger partial charge < -0.3 is 14.2 Å². The zero-order chi connectivity index (χ0) is 59.9. The van der Waals surface area contributed by atoms with E-state index in [1.54, 1.807) is 0 Å². The lowest BCUT2D eigenvalue weighted by molar-refractivity contribution is -0.166. The van der Waals surface area contributed by atoms with Crippen LogP contribution in [0.15, 0.2) is 72.9 Å². The van der Waals surface area contributed by atoms with Gasteiger partial charge in [0.25, 0.3) is 0 Å². The molecule has 1 atom stereocenters. The van der Waals surface area contributed by atoms with Crippen LogP contribution in [0.5, 0.6) is 0 Å². The molecule has 0 heterocycles. The van der Waals surface area contributed by atoms with E-state index in [0.717, 1.165) is 70.6 Å². The van der Waals surface area contributed by atoms with Crippen molar-refractivity contribution in [3.8, 4) is 0 Å². The Balaban J connectivity index is 4.19. The molecule has 0 aromatic rings. The van der Waals surface area contributed by atoms with Gasteiger partial charge in [-0.25, -0.2) is 0 Å². The molecule has 0 aliphatic carbocycles. The minimum absolute atomic E-state index is 0.104. The van der Waals surface area contributed by atoms with Crippen LogP contribution in [0.2, 0.25) is 0 Å². The van der Waals surface area contributed by atoms with Gasteiger partial charge in [-0.05, 0) is 70.6 Å². The van der Waals surface area contributed by atoms with Gasteiger partial charge in [0.2, 0.25) is 0 Å². The van der Waals surface area contributed by atoms with Crippen LogP contribution in [0.25, 0.3) is 0 Å². The fourth-order valence-corrected chi connectivity index (χ4v) is 10.8. The van der Waals surface area contributed by atoms with Crippen molar-refractivity contribution in [1.29, 1.82) is 0 Å². The van der Waals surface area contributed by atoms with Crippen molar-refractivity contribution < 1.29 is 28.6 Å². The number of esters is 3. The maximum absolute atomic E-state index is 12.9. The standard InChI is InChI=1S/C77H138O6/c1-4-7-10-13-16-19-22-25-28-30-31-32-33-34-35-36-37-38-39-40-41-42-43-44-45-47-49-52-55-58-61-64-67-70-76(79)82-73-74(72-81-75(78)69-66-63-60-57-54-51-48-27-24-21-18-15-12-9-6-3)83-77(80)71-68-65-62-59-56-53-50-46-29-26-23-20-17-14-11-8-5-2/h9,12,18,21,26-27,29,48,54,57,63,66,74H,4-8,10-11,13-17,19-20,22-25,28,30-47,49-53,55-56,58-62,64-65,67-73H2,1-3H3/b12-9-,21-18-,29-26-,48-27-,57-54-,66-63-. The Kier molecular flexibility index (Phi) is 68.6. The monoisotopic (exact) mass is 1160 g/mol. The summed E-state index contributed by atoms with van der Waals surface area (Å²) >= 11 is 0. The van der Waals surface area contributed by atoms with Crippen LogP contribution in [0, 0.1) is 0 Å². The quantitative estimate of drug-likeness (QED) is 0.0261. The highest BCUT2D eigenvalue weighted by molar-refractivity contribution is 5.72. The van der Waals surface area contributed by atoms with E-state index < -0.39 is 12.1 Å². The molecule has 0 aliphatic heterocycles. The Hall–Kier alpha value is -3.15. The van der Waals surface area contributed by atoms with E-state index in [1.165, 1.54) is 270 Å². The molecule has 0 rings (SSSR count). The van der Waals surface area contributed by atoms with Crippen molar-refractivity contribution in [2.45, 2.75) is 386 Å². The molecule has 6 nitrogen and oxygen atoms in total. The number of unbranched alkanes of at least 4 members (excludes halogenated alkanes) is 45. The normalized spacial score (nSPS) is 12.5. The van der Waals surface area contributed by atoms with Gasteiger partial charge in [-0.2, -0.15) is 0 Å². The van der Waals surface area contributed by atoms with Crippen molar-refractivity contribution in [1.82, 2.24) is 0 Å². The number of carbonyl (C=O) groups is 3. The minimum atomic E-state index is -0.818. The predicted octanol–water partition coefficient (Wildman–Crippen LogP) is 25.2. The van der Waals surface area contributed by atoms with Crippen molar-refractivity contribution in [2.24, 2.45) is 0 Å². The van der Waals surface area contributed by atoms with Crippen LogP contribution in [0.3, 0.4) is 0 Å². The van der Waals surface area contributed by atoms with Gasteiger partial charge in [0.1, 0.15) is 13.2 Å². The molecule has 482 valence electrons. The van der Waals surface area contributed by atoms with Crippen molar-refractivity contribution >= 4 is 17.9 Å². The van der Waals surface area contributed by atoms with E-state index >= 15 is 0 Å². The Morgan fingerprint density at radius 1 is 0.265 bits per heavy atom. The van der Waals surface area contributed by atoms with Crippen LogP contribution >= 0.6 is 0 Å². The van der Waals surface area contributed by atoms with Crippen molar-refractivity contribution in [3.05, 3.63) is 72.9 Å². The lowest BCUT2D eigenvalue weighted by Crippen LogP contribution is -2.30. The number of rotatable bonds is 67. The summed E-state index contributed by atoms with van der Waals surface area (Å²) in [6.45, 7) is 6.49. The average molecular weight is 1160 g/mol. The highest BCUT2D eigenvalue weighted by Crippen LogP contribution is 2.19. The van der Waals surface area contributed by atoms with Gasteiger partial charge in [0, 0.05) is 12.8 Å². The molecule has 0 bridgehead atoms. The second kappa shape index (κ2) is 71.3. The van der Waals surface area contributed by atoms with Gasteiger partial charge in [-0.3, -0.25) is 14.4 Å². The molecule has 0 radical (unpaired) electrons. The molecule has 0 fully saturated rings. The first-order chi connectivity index (χ1) is 41.0. The maximum Gasteiger partial charge on any atom is 0.309 e. The van der Waals surface area contributed by atoms with E-state index in [2.05, 4.69) is 81.5 Å². The highest BCUT2D eigenvalue weighted by atomic mass is 16.6. The molecular formula is C77H138O6. The first kappa shape index (κ1) is 79.8. The zero-order valence-corrected chi connectivity index (χ0v) is 55.5. The first-order valence-electron chi connectivity index (χ1n) is 36.4. The van der Waals surface area contributed by atoms with Crippen molar-refractivity contribution in [2.75, 3.05) is 13.2 Å². The summed E-state index contributed by atoms with van der Waals surface area (Å²) in [6.07, 6.45) is 94.2. The predicted molar refractivity (Wildman–Crippen MR) is 362 cm³/mol. The second-order valence-corrected chi connectivity index (χ2v) is 24.5. The van der Waals surface area contributed by atoms with Crippen LogP contribution in [0.4, 0.5) is 0 Å². The molecule has 0 aliphatic rings. The molecule has 0 aromatic carbocycles. The van der Waals surface area contributed by atoms with Crippen LogP contribution in [-0.4, -0.2) is 37.2 Å². The molecule has 6 heteroatoms. The Morgan fingerprint density at radius 2 is 0.518 bits per heavy atom. The lowest BCUT2D eigenvalue weighted by Gasteiger charge is -2.18. The summed E-state index contributed by atoms with van der Waals surface area (Å²) in [5, 5.41) is 0.